The van der Waals surface area contributed by atoms with Crippen molar-refractivity contribution in [3.8, 4) is 0 Å². The Balaban J connectivity index is 2.18. The van der Waals surface area contributed by atoms with Gasteiger partial charge in [-0.25, -0.2) is 0 Å². The van der Waals surface area contributed by atoms with Gasteiger partial charge in [0.25, 0.3) is 0 Å². The molecule has 24 heavy (non-hydrogen) atoms. The van der Waals surface area contributed by atoms with Crippen LogP contribution in [0.15, 0.2) is 29.4 Å². The van der Waals surface area contributed by atoms with Crippen LogP contribution in [-0.4, -0.2) is 33.8 Å². The zero-order valence-electron chi connectivity index (χ0n) is 15.6. The predicted molar refractivity (Wildman–Crippen MR) is 102 cm³/mol. The third kappa shape index (κ3) is 4.84. The number of aromatic nitrogens is 3. The molecule has 1 aromatic carbocycles. The van der Waals surface area contributed by atoms with Crippen molar-refractivity contribution < 1.29 is 0 Å². The van der Waals surface area contributed by atoms with Gasteiger partial charge in [0, 0.05) is 12.3 Å². The molecule has 0 saturated carbocycles. The van der Waals surface area contributed by atoms with Crippen LogP contribution in [0, 0.1) is 6.92 Å². The highest BCUT2D eigenvalue weighted by Gasteiger charge is 2.21. The Hall–Kier alpha value is -1.33. The summed E-state index contributed by atoms with van der Waals surface area (Å²) in [6.07, 6.45) is 3.38. The van der Waals surface area contributed by atoms with Crippen LogP contribution in [0.3, 0.4) is 0 Å². The zero-order chi connectivity index (χ0) is 17.5. The monoisotopic (exact) mass is 346 g/mol. The van der Waals surface area contributed by atoms with Gasteiger partial charge in [-0.1, -0.05) is 61.9 Å². The number of rotatable bonds is 9. The van der Waals surface area contributed by atoms with E-state index in [-0.39, 0.29) is 0 Å². The predicted octanol–water partition coefficient (Wildman–Crippen LogP) is 4.69. The normalized spacial score (nSPS) is 12.8. The lowest BCUT2D eigenvalue weighted by Crippen LogP contribution is -2.23. The molecule has 0 aliphatic carbocycles. The van der Waals surface area contributed by atoms with Gasteiger partial charge in [-0.05, 0) is 39.4 Å². The van der Waals surface area contributed by atoms with Gasteiger partial charge in [-0.15, -0.1) is 10.2 Å². The fourth-order valence-corrected chi connectivity index (χ4v) is 3.72. The minimum atomic E-state index is 0.322. The van der Waals surface area contributed by atoms with Crippen molar-refractivity contribution in [2.75, 3.05) is 14.1 Å². The van der Waals surface area contributed by atoms with Crippen LogP contribution in [0.5, 0.6) is 0 Å². The van der Waals surface area contributed by atoms with E-state index in [4.69, 9.17) is 0 Å². The Morgan fingerprint density at radius 2 is 1.83 bits per heavy atom. The molecule has 2 aromatic rings. The fourth-order valence-electron chi connectivity index (χ4n) is 2.79. The van der Waals surface area contributed by atoms with Crippen molar-refractivity contribution in [1.29, 1.82) is 0 Å². The lowest BCUT2D eigenvalue weighted by molar-refractivity contribution is 0.270. The molecule has 0 N–H and O–H groups in total. The van der Waals surface area contributed by atoms with Crippen LogP contribution >= 0.6 is 11.8 Å². The first-order valence-electron chi connectivity index (χ1n) is 8.84. The second kappa shape index (κ2) is 9.23. The lowest BCUT2D eigenvalue weighted by Gasteiger charge is -2.23. The molecule has 0 saturated heterocycles. The van der Waals surface area contributed by atoms with E-state index in [1.54, 1.807) is 11.8 Å². The number of thioether (sulfide) groups is 1. The first-order chi connectivity index (χ1) is 11.6. The van der Waals surface area contributed by atoms with E-state index < -0.39 is 0 Å². The van der Waals surface area contributed by atoms with Crippen LogP contribution in [0.4, 0.5) is 0 Å². The molecule has 1 heterocycles. The lowest BCUT2D eigenvalue weighted by atomic mass is 10.2. The third-order valence-corrected chi connectivity index (χ3v) is 5.32. The summed E-state index contributed by atoms with van der Waals surface area (Å²) in [5.41, 5.74) is 2.63. The highest BCUT2D eigenvalue weighted by atomic mass is 32.2. The second-order valence-corrected chi connectivity index (χ2v) is 7.45. The van der Waals surface area contributed by atoms with Crippen LogP contribution < -0.4 is 0 Å². The van der Waals surface area contributed by atoms with E-state index >= 15 is 0 Å². The Labute approximate surface area is 150 Å². The first kappa shape index (κ1) is 19.0. The largest absolute Gasteiger partial charge is 0.305 e. The highest BCUT2D eigenvalue weighted by Crippen LogP contribution is 2.27. The van der Waals surface area contributed by atoms with Crippen LogP contribution in [0.2, 0.25) is 0 Å². The van der Waals surface area contributed by atoms with Crippen molar-refractivity contribution >= 4 is 11.8 Å². The van der Waals surface area contributed by atoms with Crippen LogP contribution in [0.1, 0.15) is 56.1 Å². The molecule has 4 nitrogen and oxygen atoms in total. The molecule has 1 atom stereocenters. The maximum atomic E-state index is 4.54. The summed E-state index contributed by atoms with van der Waals surface area (Å²) in [5, 5.41) is 10.1. The summed E-state index contributed by atoms with van der Waals surface area (Å²) < 4.78 is 2.33. The van der Waals surface area contributed by atoms with E-state index in [1.807, 2.05) is 0 Å². The summed E-state index contributed by atoms with van der Waals surface area (Å²) in [7, 11) is 4.23. The zero-order valence-corrected chi connectivity index (χ0v) is 16.4. The summed E-state index contributed by atoms with van der Waals surface area (Å²) in [6, 6.07) is 9.06. The highest BCUT2D eigenvalue weighted by molar-refractivity contribution is 7.98. The molecule has 5 heteroatoms. The molecule has 2 rings (SSSR count). The Kier molecular flexibility index (Phi) is 7.31. The number of hydrogen-bond donors (Lipinski definition) is 0. The van der Waals surface area contributed by atoms with E-state index in [0.29, 0.717) is 6.04 Å². The molecule has 0 aliphatic rings. The maximum absolute atomic E-state index is 4.54. The molecular weight excluding hydrogens is 316 g/mol. The molecule has 1 unspecified atom stereocenters. The van der Waals surface area contributed by atoms with Gasteiger partial charge in [0.2, 0.25) is 0 Å². The van der Waals surface area contributed by atoms with Crippen molar-refractivity contribution in [1.82, 2.24) is 19.7 Å². The summed E-state index contributed by atoms with van der Waals surface area (Å²) in [6.45, 7) is 7.56. The molecule has 0 spiro atoms. The van der Waals surface area contributed by atoms with E-state index in [9.17, 15) is 0 Å². The Morgan fingerprint density at radius 3 is 2.42 bits per heavy atom. The van der Waals surface area contributed by atoms with Gasteiger partial charge in [0.1, 0.15) is 0 Å². The van der Waals surface area contributed by atoms with Crippen molar-refractivity contribution in [2.24, 2.45) is 0 Å². The van der Waals surface area contributed by atoms with Gasteiger partial charge >= 0.3 is 0 Å². The molecule has 0 amide bonds. The van der Waals surface area contributed by atoms with Gasteiger partial charge < -0.3 is 4.57 Å². The molecule has 0 bridgehead atoms. The van der Waals surface area contributed by atoms with Gasteiger partial charge in [0.15, 0.2) is 11.0 Å². The number of benzene rings is 1. The second-order valence-electron chi connectivity index (χ2n) is 6.51. The quantitative estimate of drug-likeness (QED) is 0.617. The van der Waals surface area contributed by atoms with Crippen molar-refractivity contribution in [2.45, 2.75) is 63.5 Å². The molecule has 0 radical (unpaired) electrons. The Morgan fingerprint density at radius 1 is 1.12 bits per heavy atom. The van der Waals surface area contributed by atoms with Gasteiger partial charge in [0.05, 0.1) is 6.04 Å². The van der Waals surface area contributed by atoms with Gasteiger partial charge in [-0.3, -0.25) is 4.90 Å². The molecular formula is C19H30N4S. The topological polar surface area (TPSA) is 34.0 Å². The Bertz CT molecular complexity index is 619. The third-order valence-electron chi connectivity index (χ3n) is 4.28. The number of aryl methyl sites for hydroxylation is 1. The smallest absolute Gasteiger partial charge is 0.191 e. The number of nitrogens with zero attached hydrogens (tertiary/aromatic N) is 4. The van der Waals surface area contributed by atoms with E-state index in [0.717, 1.165) is 36.1 Å². The van der Waals surface area contributed by atoms with Crippen LogP contribution in [-0.2, 0) is 12.3 Å². The summed E-state index contributed by atoms with van der Waals surface area (Å²) in [5.74, 6) is 2.03. The number of hydrogen-bond acceptors (Lipinski definition) is 4. The molecule has 0 aliphatic heterocycles. The standard InChI is InChI=1S/C19H30N4S/c1-6-8-13-23-18(17(7-2)22(4)5)20-21-19(23)24-14-16-11-9-15(3)10-12-16/h9-12,17H,6-8,13-14H2,1-5H3. The minimum absolute atomic E-state index is 0.322. The number of unbranched alkanes of at least 4 members (excludes halogenated alkanes) is 1. The first-order valence-corrected chi connectivity index (χ1v) is 9.83. The molecule has 132 valence electrons. The van der Waals surface area contributed by atoms with E-state index in [1.165, 1.54) is 17.5 Å². The van der Waals surface area contributed by atoms with Crippen molar-refractivity contribution in [3.05, 3.63) is 41.2 Å². The maximum Gasteiger partial charge on any atom is 0.191 e. The molecule has 1 aromatic heterocycles. The fraction of sp³-hybridized carbons (Fsp3) is 0.579. The van der Waals surface area contributed by atoms with Crippen LogP contribution in [0.25, 0.3) is 0 Å². The van der Waals surface area contributed by atoms with Crippen molar-refractivity contribution in [3.63, 3.8) is 0 Å². The minimum Gasteiger partial charge on any atom is -0.305 e. The molecule has 0 fully saturated rings. The van der Waals surface area contributed by atoms with Gasteiger partial charge in [-0.2, -0.15) is 0 Å². The average Bonchev–Trinajstić information content (AvgIpc) is 2.95. The summed E-state index contributed by atoms with van der Waals surface area (Å²) >= 11 is 1.79. The summed E-state index contributed by atoms with van der Waals surface area (Å²) in [4.78, 5) is 2.24. The SMILES string of the molecule is CCCCn1c(SCc2ccc(C)cc2)nnc1C(CC)N(C)C. The van der Waals surface area contributed by atoms with E-state index in [2.05, 4.69) is 78.8 Å². The average molecular weight is 347 g/mol.